The molecule has 4 aromatic carbocycles. The summed E-state index contributed by atoms with van der Waals surface area (Å²) in [6, 6.07) is 33.5. The number of nitrogens with one attached hydrogen (secondary N) is 3. The Labute approximate surface area is 237 Å². The second kappa shape index (κ2) is 13.1. The number of urea groups is 1. The van der Waals surface area contributed by atoms with Gasteiger partial charge in [0.15, 0.2) is 0 Å². The smallest absolute Gasteiger partial charge is 0.316 e. The van der Waals surface area contributed by atoms with E-state index in [2.05, 4.69) is 36.7 Å². The minimum Gasteiger partial charge on any atom is -0.327 e. The highest BCUT2D eigenvalue weighted by atomic mass is 16.2. The monoisotopic (exact) mass is 534 g/mol. The van der Waals surface area contributed by atoms with Crippen molar-refractivity contribution in [1.82, 2.24) is 10.6 Å². The molecule has 3 amide bonds. The Morgan fingerprint density at radius 3 is 1.73 bits per heavy atom. The van der Waals surface area contributed by atoms with Crippen LogP contribution in [0.15, 0.2) is 109 Å². The van der Waals surface area contributed by atoms with Crippen LogP contribution in [0.1, 0.15) is 54.6 Å². The number of hydrogen-bond acceptors (Lipinski definition) is 3. The minimum atomic E-state index is -0.807. The van der Waals surface area contributed by atoms with Gasteiger partial charge in [-0.1, -0.05) is 118 Å². The molecule has 6 nitrogen and oxygen atoms in total. The number of nitrogens with two attached hydrogens (primary N) is 1. The molecule has 0 aliphatic heterocycles. The Bertz CT molecular complexity index is 1340. The first-order valence-electron chi connectivity index (χ1n) is 13.6. The molecule has 0 heterocycles. The van der Waals surface area contributed by atoms with E-state index in [9.17, 15) is 9.59 Å². The third kappa shape index (κ3) is 7.80. The molecule has 0 saturated heterocycles. The molecule has 5 N–H and O–H groups in total. The first-order valence-corrected chi connectivity index (χ1v) is 13.6. The van der Waals surface area contributed by atoms with Crippen molar-refractivity contribution in [2.45, 2.75) is 51.2 Å². The molecule has 0 radical (unpaired) electrons. The van der Waals surface area contributed by atoms with Gasteiger partial charge in [0.2, 0.25) is 5.91 Å². The van der Waals surface area contributed by atoms with Crippen LogP contribution >= 0.6 is 0 Å². The Morgan fingerprint density at radius 1 is 0.700 bits per heavy atom. The van der Waals surface area contributed by atoms with Gasteiger partial charge in [0.25, 0.3) is 0 Å². The summed E-state index contributed by atoms with van der Waals surface area (Å²) in [5, 5.41) is 9.00. The molecule has 0 aliphatic rings. The largest absolute Gasteiger partial charge is 0.327 e. The van der Waals surface area contributed by atoms with E-state index in [0.717, 1.165) is 22.3 Å². The summed E-state index contributed by atoms with van der Waals surface area (Å²) in [5.74, 6) is -0.294. The van der Waals surface area contributed by atoms with E-state index in [0.29, 0.717) is 18.7 Å². The molecule has 206 valence electrons. The Kier molecular flexibility index (Phi) is 9.35. The van der Waals surface area contributed by atoms with Crippen LogP contribution < -0.4 is 21.7 Å². The zero-order chi connectivity index (χ0) is 28.5. The first-order chi connectivity index (χ1) is 19.2. The van der Waals surface area contributed by atoms with Crippen molar-refractivity contribution in [3.05, 3.63) is 137 Å². The van der Waals surface area contributed by atoms with Crippen molar-refractivity contribution in [3.8, 4) is 0 Å². The van der Waals surface area contributed by atoms with Gasteiger partial charge in [0, 0.05) is 18.7 Å². The van der Waals surface area contributed by atoms with Gasteiger partial charge in [0.05, 0.1) is 6.04 Å². The lowest BCUT2D eigenvalue weighted by Crippen LogP contribution is -2.50. The van der Waals surface area contributed by atoms with Crippen molar-refractivity contribution in [2.75, 3.05) is 5.32 Å². The first kappa shape index (κ1) is 28.6. The number of benzene rings is 4. The van der Waals surface area contributed by atoms with Gasteiger partial charge in [-0.05, 0) is 45.4 Å². The lowest BCUT2D eigenvalue weighted by molar-refractivity contribution is -0.117. The molecule has 0 unspecified atom stereocenters. The van der Waals surface area contributed by atoms with Crippen LogP contribution in [0.2, 0.25) is 0 Å². The van der Waals surface area contributed by atoms with Crippen LogP contribution in [0.5, 0.6) is 0 Å². The summed E-state index contributed by atoms with van der Waals surface area (Å²) in [6.07, 6.45) is 0.325. The molecular weight excluding hydrogens is 496 g/mol. The second-order valence-corrected chi connectivity index (χ2v) is 11.0. The number of carbonyl (C=O) groups excluding carboxylic acids is 2. The molecular formula is C34H38N4O2. The fourth-order valence-electron chi connectivity index (χ4n) is 4.52. The van der Waals surface area contributed by atoms with Gasteiger partial charge in [-0.25, -0.2) is 4.79 Å². The molecule has 4 aromatic rings. The van der Waals surface area contributed by atoms with E-state index < -0.39 is 12.1 Å². The van der Waals surface area contributed by atoms with E-state index in [1.54, 1.807) is 0 Å². The maximum Gasteiger partial charge on any atom is 0.316 e. The number of carbonyl (C=O) groups is 2. The zero-order valence-electron chi connectivity index (χ0n) is 23.4. The summed E-state index contributed by atoms with van der Waals surface area (Å²) >= 11 is 0. The second-order valence-electron chi connectivity index (χ2n) is 11.0. The molecule has 0 fully saturated rings. The molecule has 1 atom stereocenters. The third-order valence-electron chi connectivity index (χ3n) is 6.88. The van der Waals surface area contributed by atoms with E-state index in [1.807, 2.05) is 109 Å². The van der Waals surface area contributed by atoms with Gasteiger partial charge in [0.1, 0.15) is 6.04 Å². The van der Waals surface area contributed by atoms with Crippen LogP contribution in [0, 0.1) is 0 Å². The molecule has 4 rings (SSSR count). The van der Waals surface area contributed by atoms with Crippen molar-refractivity contribution in [3.63, 3.8) is 0 Å². The van der Waals surface area contributed by atoms with E-state index in [1.165, 1.54) is 5.56 Å². The molecule has 6 heteroatoms. The van der Waals surface area contributed by atoms with Crippen molar-refractivity contribution in [2.24, 2.45) is 5.73 Å². The van der Waals surface area contributed by atoms with E-state index in [-0.39, 0.29) is 17.4 Å². The molecule has 0 spiro atoms. The standard InChI is InChI=1S/C34H38N4O2/c1-34(2,3)28-18-20-29(21-19-28)36-32(39)30(22-24-14-16-25(23-35)17-15-24)37-33(40)38-31(26-10-6-4-7-11-26)27-12-8-5-9-13-27/h4-21,30-31H,22-23,35H2,1-3H3,(H,36,39)(H2,37,38,40)/t30-/m0/s1. The van der Waals surface area contributed by atoms with E-state index in [4.69, 9.17) is 5.73 Å². The van der Waals surface area contributed by atoms with Crippen LogP contribution in [-0.2, 0) is 23.2 Å². The van der Waals surface area contributed by atoms with Gasteiger partial charge < -0.3 is 21.7 Å². The van der Waals surface area contributed by atoms with Crippen LogP contribution in [-0.4, -0.2) is 18.0 Å². The normalized spacial score (nSPS) is 12.0. The summed E-state index contributed by atoms with van der Waals surface area (Å²) in [4.78, 5) is 26.9. The highest BCUT2D eigenvalue weighted by molar-refractivity contribution is 5.97. The highest BCUT2D eigenvalue weighted by Gasteiger charge is 2.24. The maximum atomic E-state index is 13.5. The predicted molar refractivity (Wildman–Crippen MR) is 162 cm³/mol. The lowest BCUT2D eigenvalue weighted by Gasteiger charge is -2.24. The van der Waals surface area contributed by atoms with Crippen LogP contribution in [0.3, 0.4) is 0 Å². The summed E-state index contributed by atoms with van der Waals surface area (Å²) < 4.78 is 0. The maximum absolute atomic E-state index is 13.5. The number of rotatable bonds is 9. The summed E-state index contributed by atoms with van der Waals surface area (Å²) in [7, 11) is 0. The molecule has 40 heavy (non-hydrogen) atoms. The fourth-order valence-corrected chi connectivity index (χ4v) is 4.52. The number of amides is 3. The van der Waals surface area contributed by atoms with Crippen LogP contribution in [0.25, 0.3) is 0 Å². The topological polar surface area (TPSA) is 96.2 Å². The quantitative estimate of drug-likeness (QED) is 0.209. The molecule has 0 saturated carbocycles. The molecule has 0 bridgehead atoms. The summed E-state index contributed by atoms with van der Waals surface area (Å²) in [6.45, 7) is 6.88. The Balaban J connectivity index is 1.54. The highest BCUT2D eigenvalue weighted by Crippen LogP contribution is 2.24. The fraction of sp³-hybridized carbons (Fsp3) is 0.235. The Hall–Kier alpha value is -4.42. The molecule has 0 aromatic heterocycles. The van der Waals surface area contributed by atoms with Gasteiger partial charge in [-0.15, -0.1) is 0 Å². The number of anilines is 1. The lowest BCUT2D eigenvalue weighted by atomic mass is 9.87. The average Bonchev–Trinajstić information content (AvgIpc) is 2.96. The third-order valence-corrected chi connectivity index (χ3v) is 6.88. The average molecular weight is 535 g/mol. The van der Waals surface area contributed by atoms with Gasteiger partial charge in [-0.2, -0.15) is 0 Å². The van der Waals surface area contributed by atoms with Crippen molar-refractivity contribution in [1.29, 1.82) is 0 Å². The SMILES string of the molecule is CC(C)(C)c1ccc(NC(=O)[C@H](Cc2ccc(CN)cc2)NC(=O)NC(c2ccccc2)c2ccccc2)cc1. The molecule has 0 aliphatic carbocycles. The summed E-state index contributed by atoms with van der Waals surface area (Å²) in [5.41, 5.74) is 11.4. The van der Waals surface area contributed by atoms with Crippen LogP contribution in [0.4, 0.5) is 10.5 Å². The van der Waals surface area contributed by atoms with Crippen molar-refractivity contribution < 1.29 is 9.59 Å². The van der Waals surface area contributed by atoms with Crippen molar-refractivity contribution >= 4 is 17.6 Å². The number of hydrogen-bond donors (Lipinski definition) is 4. The van der Waals surface area contributed by atoms with Gasteiger partial charge >= 0.3 is 6.03 Å². The zero-order valence-corrected chi connectivity index (χ0v) is 23.4. The minimum absolute atomic E-state index is 0.00839. The van der Waals surface area contributed by atoms with E-state index >= 15 is 0 Å². The predicted octanol–water partition coefficient (Wildman–Crippen LogP) is 6.08. The van der Waals surface area contributed by atoms with Gasteiger partial charge in [-0.3, -0.25) is 4.79 Å². The Morgan fingerprint density at radius 2 is 1.23 bits per heavy atom.